The molecule has 0 aromatic heterocycles. The summed E-state index contributed by atoms with van der Waals surface area (Å²) in [7, 11) is 0. The van der Waals surface area contributed by atoms with Crippen molar-refractivity contribution in [1.29, 1.82) is 0 Å². The van der Waals surface area contributed by atoms with E-state index in [1.165, 1.54) is 0 Å². The minimum absolute atomic E-state index is 0.00350. The van der Waals surface area contributed by atoms with Crippen LogP contribution in [0.4, 0.5) is 0 Å². The van der Waals surface area contributed by atoms with E-state index in [4.69, 9.17) is 28.4 Å². The molecule has 2 saturated heterocycles. The monoisotopic (exact) mass is 701 g/mol. The molecule has 0 spiro atoms. The van der Waals surface area contributed by atoms with Gasteiger partial charge in [0, 0.05) is 17.1 Å². The van der Waals surface area contributed by atoms with E-state index in [2.05, 4.69) is 21.2 Å². The van der Waals surface area contributed by atoms with Gasteiger partial charge in [-0.05, 0) is 48.7 Å². The van der Waals surface area contributed by atoms with Crippen molar-refractivity contribution in [1.82, 2.24) is 5.32 Å². The maximum Gasteiger partial charge on any atom is 0.231 e. The summed E-state index contributed by atoms with van der Waals surface area (Å²) < 4.78 is 34.7. The van der Waals surface area contributed by atoms with Gasteiger partial charge in [-0.1, -0.05) is 34.1 Å². The molecule has 2 aromatic carbocycles. The predicted octanol–water partition coefficient (Wildman–Crippen LogP) is -0.920. The van der Waals surface area contributed by atoms with Crippen molar-refractivity contribution in [2.24, 2.45) is 0 Å². The van der Waals surface area contributed by atoms with Crippen molar-refractivity contribution in [2.75, 3.05) is 26.6 Å². The lowest BCUT2D eigenvalue weighted by molar-refractivity contribution is -0.336. The zero-order valence-electron chi connectivity index (χ0n) is 24.5. The van der Waals surface area contributed by atoms with Crippen LogP contribution in [0, 0.1) is 0 Å². The highest BCUT2D eigenvalue weighted by Gasteiger charge is 2.48. The fraction of sp³-hybridized carbons (Fsp3) is 0.600. The van der Waals surface area contributed by atoms with Crippen molar-refractivity contribution in [3.8, 4) is 11.5 Å². The summed E-state index contributed by atoms with van der Waals surface area (Å²) in [5, 5.41) is 75.3. The predicted molar refractivity (Wildman–Crippen MR) is 158 cm³/mol. The van der Waals surface area contributed by atoms with Gasteiger partial charge in [-0.3, -0.25) is 0 Å². The molecule has 8 N–H and O–H groups in total. The first kappa shape index (κ1) is 34.4. The van der Waals surface area contributed by atoms with Crippen molar-refractivity contribution >= 4 is 15.9 Å². The fourth-order valence-corrected chi connectivity index (χ4v) is 5.71. The smallest absolute Gasteiger partial charge is 0.231 e. The molecule has 12 atom stereocenters. The molecule has 3 aliphatic heterocycles. The normalized spacial score (nSPS) is 34.4. The van der Waals surface area contributed by atoms with Crippen molar-refractivity contribution < 1.29 is 64.2 Å². The summed E-state index contributed by atoms with van der Waals surface area (Å²) in [5.74, 6) is 1.41. The second kappa shape index (κ2) is 15.3. The number of ether oxygens (including phenoxy) is 6. The molecule has 45 heavy (non-hydrogen) atoms. The molecular weight excluding hydrogens is 662 g/mol. The molecule has 15 heteroatoms. The maximum absolute atomic E-state index is 10.8. The SMILES string of the molecule is CC(Cc1ccc2c(c1)OCO2)NC[C@H](O[C@@H]1O[C@H](CO[C@@H]2O[C@H](CO)[C@@H](O)[C@H](O)[C@H]2O)[C@@H](O)[C@H](O)[C@H]1O)c1ccc(Br)cc1. The van der Waals surface area contributed by atoms with Crippen LogP contribution in [0.3, 0.4) is 0 Å². The van der Waals surface area contributed by atoms with Crippen molar-refractivity contribution in [2.45, 2.75) is 86.9 Å². The average molecular weight is 703 g/mol. The summed E-state index contributed by atoms with van der Waals surface area (Å²) in [6.07, 6.45) is -15.1. The Morgan fingerprint density at radius 1 is 0.822 bits per heavy atom. The first-order valence-corrected chi connectivity index (χ1v) is 15.5. The van der Waals surface area contributed by atoms with Crippen LogP contribution in [-0.4, -0.2) is 130 Å². The maximum atomic E-state index is 10.8. The highest BCUT2D eigenvalue weighted by atomic mass is 79.9. The van der Waals surface area contributed by atoms with E-state index in [1.807, 2.05) is 49.4 Å². The Morgan fingerprint density at radius 2 is 1.47 bits per heavy atom. The quantitative estimate of drug-likeness (QED) is 0.135. The lowest BCUT2D eigenvalue weighted by Crippen LogP contribution is -2.62. The minimum Gasteiger partial charge on any atom is -0.454 e. The second-order valence-corrected chi connectivity index (χ2v) is 12.3. The van der Waals surface area contributed by atoms with Gasteiger partial charge in [0.05, 0.1) is 19.3 Å². The van der Waals surface area contributed by atoms with Gasteiger partial charge in [0.2, 0.25) is 6.79 Å². The Bertz CT molecular complexity index is 1240. The average Bonchev–Trinajstić information content (AvgIpc) is 3.50. The largest absolute Gasteiger partial charge is 0.454 e. The van der Waals surface area contributed by atoms with Crippen molar-refractivity contribution in [3.05, 3.63) is 58.1 Å². The van der Waals surface area contributed by atoms with E-state index in [-0.39, 0.29) is 12.8 Å². The molecule has 0 bridgehead atoms. The van der Waals surface area contributed by atoms with Crippen LogP contribution < -0.4 is 14.8 Å². The highest BCUT2D eigenvalue weighted by Crippen LogP contribution is 2.33. The van der Waals surface area contributed by atoms with Gasteiger partial charge in [-0.2, -0.15) is 0 Å². The van der Waals surface area contributed by atoms with Crippen LogP contribution in [0.2, 0.25) is 0 Å². The van der Waals surface area contributed by atoms with Gasteiger partial charge >= 0.3 is 0 Å². The lowest BCUT2D eigenvalue weighted by Gasteiger charge is -2.43. The molecule has 2 aromatic rings. The molecule has 0 amide bonds. The molecule has 3 aliphatic rings. The number of nitrogens with one attached hydrogen (secondary N) is 1. The molecule has 0 aliphatic carbocycles. The molecule has 3 heterocycles. The summed E-state index contributed by atoms with van der Waals surface area (Å²) in [4.78, 5) is 0. The lowest BCUT2D eigenvalue weighted by atomic mass is 9.98. The van der Waals surface area contributed by atoms with E-state index < -0.39 is 80.7 Å². The first-order chi connectivity index (χ1) is 21.5. The third-order valence-electron chi connectivity index (χ3n) is 8.11. The first-order valence-electron chi connectivity index (χ1n) is 14.7. The van der Waals surface area contributed by atoms with Gasteiger partial charge in [-0.25, -0.2) is 0 Å². The van der Waals surface area contributed by atoms with Gasteiger partial charge in [0.1, 0.15) is 48.8 Å². The minimum atomic E-state index is -1.67. The van der Waals surface area contributed by atoms with Crippen LogP contribution in [-0.2, 0) is 25.4 Å². The van der Waals surface area contributed by atoms with Crippen LogP contribution in [0.1, 0.15) is 24.2 Å². The third-order valence-corrected chi connectivity index (χ3v) is 8.64. The molecule has 2 fully saturated rings. The van der Waals surface area contributed by atoms with E-state index in [1.54, 1.807) is 0 Å². The summed E-state index contributed by atoms with van der Waals surface area (Å²) >= 11 is 3.43. The number of fused-ring (bicyclic) bond motifs is 1. The van der Waals surface area contributed by atoms with E-state index in [0.29, 0.717) is 24.5 Å². The summed E-state index contributed by atoms with van der Waals surface area (Å²) in [6, 6.07) is 13.2. The summed E-state index contributed by atoms with van der Waals surface area (Å²) in [5.41, 5.74) is 1.80. The Balaban J connectivity index is 1.24. The van der Waals surface area contributed by atoms with E-state index >= 15 is 0 Å². The van der Waals surface area contributed by atoms with Gasteiger partial charge < -0.3 is 69.5 Å². The zero-order valence-corrected chi connectivity index (χ0v) is 26.0. The number of hydrogen-bond donors (Lipinski definition) is 8. The Morgan fingerprint density at radius 3 is 2.18 bits per heavy atom. The van der Waals surface area contributed by atoms with Crippen molar-refractivity contribution in [3.63, 3.8) is 0 Å². The molecule has 14 nitrogen and oxygen atoms in total. The number of rotatable bonds is 12. The number of halogens is 1. The zero-order chi connectivity index (χ0) is 32.2. The van der Waals surface area contributed by atoms with Gasteiger partial charge in [0.15, 0.2) is 24.1 Å². The number of hydrogen-bond acceptors (Lipinski definition) is 14. The van der Waals surface area contributed by atoms with E-state index in [0.717, 1.165) is 15.6 Å². The molecule has 5 rings (SSSR count). The number of benzene rings is 2. The number of aliphatic hydroxyl groups excluding tert-OH is 7. The third kappa shape index (κ3) is 8.13. The summed E-state index contributed by atoms with van der Waals surface area (Å²) in [6.45, 7) is 1.41. The molecule has 0 saturated carbocycles. The Labute approximate surface area is 268 Å². The molecular formula is C30H40BrNO13. The number of aliphatic hydroxyl groups is 7. The fourth-order valence-electron chi connectivity index (χ4n) is 5.45. The Kier molecular flexibility index (Phi) is 11.7. The highest BCUT2D eigenvalue weighted by molar-refractivity contribution is 9.10. The van der Waals surface area contributed by atoms with Gasteiger partial charge in [0.25, 0.3) is 0 Å². The standard InChI is InChI=1S/C30H40BrNO13/c1-14(8-15-2-7-18-19(9-15)42-13-41-18)32-10-20(16-3-5-17(31)6-4-16)43-30-28(39)26(37)24(35)22(45-30)12-40-29-27(38)25(36)23(34)21(11-33)44-29/h2-7,9,14,20-30,32-39H,8,10-13H2,1H3/t14?,20-,21+,22+,23+,24+,25-,26-,27+,28+,29+,30+/m0/s1. The van der Waals surface area contributed by atoms with Gasteiger partial charge in [-0.15, -0.1) is 0 Å². The Hall–Kier alpha value is -1.96. The van der Waals surface area contributed by atoms with Crippen LogP contribution >= 0.6 is 15.9 Å². The molecule has 1 unspecified atom stereocenters. The van der Waals surface area contributed by atoms with Crippen LogP contribution in [0.25, 0.3) is 0 Å². The van der Waals surface area contributed by atoms with Crippen LogP contribution in [0.15, 0.2) is 46.9 Å². The topological polar surface area (TPSA) is 209 Å². The molecule has 250 valence electrons. The second-order valence-electron chi connectivity index (χ2n) is 11.4. The molecule has 0 radical (unpaired) electrons. The van der Waals surface area contributed by atoms with Crippen LogP contribution in [0.5, 0.6) is 11.5 Å². The van der Waals surface area contributed by atoms with E-state index in [9.17, 15) is 35.7 Å².